The third-order valence-electron chi connectivity index (χ3n) is 4.27. The summed E-state index contributed by atoms with van der Waals surface area (Å²) >= 11 is 6.15. The number of halogens is 1. The number of rotatable bonds is 4. The van der Waals surface area contributed by atoms with Crippen LogP contribution in [0.2, 0.25) is 5.02 Å². The van der Waals surface area contributed by atoms with Crippen molar-refractivity contribution in [2.45, 2.75) is 6.92 Å². The minimum Gasteiger partial charge on any atom is -0.319 e. The molecule has 0 atom stereocenters. The summed E-state index contributed by atoms with van der Waals surface area (Å²) in [4.78, 5) is 17.2. The number of carbonyl (C=O) groups is 1. The van der Waals surface area contributed by atoms with Gasteiger partial charge in [-0.3, -0.25) is 4.79 Å². The summed E-state index contributed by atoms with van der Waals surface area (Å²) in [6.07, 6.45) is 0. The van der Waals surface area contributed by atoms with Crippen molar-refractivity contribution in [3.63, 3.8) is 0 Å². The smallest absolute Gasteiger partial charge is 0.295 e. The minimum absolute atomic E-state index is 0.0828. The number of amides is 1. The van der Waals surface area contributed by atoms with Crippen LogP contribution in [0.1, 0.15) is 16.2 Å². The molecule has 0 fully saturated rings. The van der Waals surface area contributed by atoms with Crippen molar-refractivity contribution in [2.75, 3.05) is 5.32 Å². The minimum atomic E-state index is -0.396. The molecule has 0 bridgehead atoms. The summed E-state index contributed by atoms with van der Waals surface area (Å²) in [6.45, 7) is 1.91. The average Bonchev–Trinajstić information content (AvgIpc) is 3.18. The van der Waals surface area contributed by atoms with Gasteiger partial charge in [0.15, 0.2) is 5.82 Å². The highest BCUT2D eigenvalue weighted by atomic mass is 35.5. The fraction of sp³-hybridized carbons (Fsp3) is 0.0455. The molecule has 1 aromatic heterocycles. The third-order valence-corrected chi connectivity index (χ3v) is 4.68. The lowest BCUT2D eigenvalue weighted by Gasteiger charge is -2.05. The van der Waals surface area contributed by atoms with Crippen LogP contribution < -0.4 is 5.32 Å². The molecule has 0 aliphatic carbocycles. The van der Waals surface area contributed by atoms with Crippen LogP contribution in [0.3, 0.4) is 0 Å². The molecule has 6 heteroatoms. The molecule has 1 amide bonds. The second-order valence-electron chi connectivity index (χ2n) is 6.29. The molecule has 138 valence electrons. The van der Waals surface area contributed by atoms with Crippen LogP contribution in [0.5, 0.6) is 0 Å². The Balaban J connectivity index is 1.72. The van der Waals surface area contributed by atoms with Gasteiger partial charge in [0, 0.05) is 16.3 Å². The lowest BCUT2D eigenvalue weighted by atomic mass is 10.2. The van der Waals surface area contributed by atoms with Crippen LogP contribution in [-0.4, -0.2) is 20.7 Å². The standard InChI is InChI=1S/C22H17ClN4O/c1-15-12-13-17(14-19(15)23)24-22(28)20-25-21(16-8-4-2-5-9-16)27(26-20)18-10-6-3-7-11-18/h2-14H,1H3,(H,24,28). The van der Waals surface area contributed by atoms with E-state index in [0.717, 1.165) is 16.8 Å². The molecule has 0 aliphatic rings. The number of benzene rings is 3. The predicted octanol–water partition coefficient (Wildman–Crippen LogP) is 5.15. The number of hydrogen-bond acceptors (Lipinski definition) is 3. The largest absolute Gasteiger partial charge is 0.319 e. The van der Waals surface area contributed by atoms with Crippen molar-refractivity contribution in [3.05, 3.63) is 95.3 Å². The summed E-state index contributed by atoms with van der Waals surface area (Å²) in [7, 11) is 0. The summed E-state index contributed by atoms with van der Waals surface area (Å²) in [6, 6.07) is 24.6. The normalized spacial score (nSPS) is 10.6. The highest BCUT2D eigenvalue weighted by Crippen LogP contribution is 2.23. The summed E-state index contributed by atoms with van der Waals surface area (Å²) < 4.78 is 1.67. The predicted molar refractivity (Wildman–Crippen MR) is 111 cm³/mol. The first-order chi connectivity index (χ1) is 13.6. The number of nitrogens with zero attached hydrogens (tertiary/aromatic N) is 3. The van der Waals surface area contributed by atoms with E-state index in [1.807, 2.05) is 73.7 Å². The molecule has 4 rings (SSSR count). The van der Waals surface area contributed by atoms with Crippen LogP contribution in [0.4, 0.5) is 5.69 Å². The van der Waals surface area contributed by atoms with Gasteiger partial charge in [-0.2, -0.15) is 0 Å². The van der Waals surface area contributed by atoms with Gasteiger partial charge in [-0.05, 0) is 36.8 Å². The molecule has 4 aromatic rings. The quantitative estimate of drug-likeness (QED) is 0.526. The van der Waals surface area contributed by atoms with Crippen LogP contribution in [0.15, 0.2) is 78.9 Å². The van der Waals surface area contributed by atoms with E-state index in [2.05, 4.69) is 15.4 Å². The summed E-state index contributed by atoms with van der Waals surface area (Å²) in [5, 5.41) is 7.85. The van der Waals surface area contributed by atoms with E-state index < -0.39 is 5.91 Å². The Morgan fingerprint density at radius 1 is 0.964 bits per heavy atom. The van der Waals surface area contributed by atoms with Crippen molar-refractivity contribution in [1.82, 2.24) is 14.8 Å². The van der Waals surface area contributed by atoms with Crippen LogP contribution in [0.25, 0.3) is 17.1 Å². The van der Waals surface area contributed by atoms with Gasteiger partial charge >= 0.3 is 0 Å². The van der Waals surface area contributed by atoms with Crippen molar-refractivity contribution >= 4 is 23.2 Å². The van der Waals surface area contributed by atoms with Crippen molar-refractivity contribution in [1.29, 1.82) is 0 Å². The van der Waals surface area contributed by atoms with E-state index in [9.17, 15) is 4.79 Å². The van der Waals surface area contributed by atoms with Crippen LogP contribution in [0, 0.1) is 6.92 Å². The maximum atomic E-state index is 12.7. The van der Waals surface area contributed by atoms with E-state index >= 15 is 0 Å². The number of para-hydroxylation sites is 1. The van der Waals surface area contributed by atoms with Gasteiger partial charge in [0.2, 0.25) is 5.82 Å². The van der Waals surface area contributed by atoms with Crippen molar-refractivity contribution in [3.8, 4) is 17.1 Å². The second-order valence-corrected chi connectivity index (χ2v) is 6.70. The van der Waals surface area contributed by atoms with Crippen LogP contribution >= 0.6 is 11.6 Å². The van der Waals surface area contributed by atoms with E-state index in [-0.39, 0.29) is 5.82 Å². The lowest BCUT2D eigenvalue weighted by Crippen LogP contribution is -2.14. The zero-order chi connectivity index (χ0) is 19.5. The molecule has 0 aliphatic heterocycles. The maximum absolute atomic E-state index is 12.7. The van der Waals surface area contributed by atoms with Crippen molar-refractivity contribution < 1.29 is 4.79 Å². The molecule has 0 radical (unpaired) electrons. The van der Waals surface area contributed by atoms with Gasteiger partial charge in [-0.1, -0.05) is 66.2 Å². The van der Waals surface area contributed by atoms with Gasteiger partial charge in [-0.25, -0.2) is 9.67 Å². The molecule has 1 N–H and O–H groups in total. The number of aromatic nitrogens is 3. The van der Waals surface area contributed by atoms with Crippen molar-refractivity contribution in [2.24, 2.45) is 0 Å². The first kappa shape index (κ1) is 17.9. The molecule has 0 spiro atoms. The first-order valence-electron chi connectivity index (χ1n) is 8.77. The fourth-order valence-corrected chi connectivity index (χ4v) is 2.97. The Bertz CT molecular complexity index is 1070. The third kappa shape index (κ3) is 3.66. The Labute approximate surface area is 167 Å². The fourth-order valence-electron chi connectivity index (χ4n) is 2.79. The maximum Gasteiger partial charge on any atom is 0.295 e. The first-order valence-corrected chi connectivity index (χ1v) is 9.15. The summed E-state index contributed by atoms with van der Waals surface area (Å²) in [5.41, 5.74) is 3.23. The Morgan fingerprint density at radius 2 is 1.64 bits per heavy atom. The van der Waals surface area contributed by atoms with Gasteiger partial charge in [-0.15, -0.1) is 5.10 Å². The average molecular weight is 389 g/mol. The highest BCUT2D eigenvalue weighted by Gasteiger charge is 2.19. The highest BCUT2D eigenvalue weighted by molar-refractivity contribution is 6.31. The lowest BCUT2D eigenvalue weighted by molar-refractivity contribution is 0.101. The molecule has 28 heavy (non-hydrogen) atoms. The van der Waals surface area contributed by atoms with E-state index in [1.165, 1.54) is 0 Å². The second kappa shape index (κ2) is 7.66. The van der Waals surface area contributed by atoms with Crippen LogP contribution in [-0.2, 0) is 0 Å². The SMILES string of the molecule is Cc1ccc(NC(=O)c2nc(-c3ccccc3)n(-c3ccccc3)n2)cc1Cl. The van der Waals surface area contributed by atoms with Gasteiger partial charge in [0.05, 0.1) is 5.69 Å². The molecule has 5 nitrogen and oxygen atoms in total. The Morgan fingerprint density at radius 3 is 2.32 bits per heavy atom. The van der Waals surface area contributed by atoms with E-state index in [4.69, 9.17) is 11.6 Å². The number of hydrogen-bond donors (Lipinski definition) is 1. The molecular weight excluding hydrogens is 372 g/mol. The zero-order valence-electron chi connectivity index (χ0n) is 15.1. The molecule has 3 aromatic carbocycles. The number of anilines is 1. The molecule has 1 heterocycles. The number of aryl methyl sites for hydroxylation is 1. The number of carbonyl (C=O) groups excluding carboxylic acids is 1. The Kier molecular flexibility index (Phi) is 4.91. The molecule has 0 saturated heterocycles. The van der Waals surface area contributed by atoms with Gasteiger partial charge in [0.25, 0.3) is 5.91 Å². The molecule has 0 unspecified atom stereocenters. The van der Waals surface area contributed by atoms with Gasteiger partial charge < -0.3 is 5.32 Å². The Hall–Kier alpha value is -3.44. The van der Waals surface area contributed by atoms with E-state index in [1.54, 1.807) is 16.8 Å². The topological polar surface area (TPSA) is 59.8 Å². The van der Waals surface area contributed by atoms with E-state index in [0.29, 0.717) is 16.5 Å². The number of nitrogens with one attached hydrogen (secondary N) is 1. The molecular formula is C22H17ClN4O. The molecule has 0 saturated carbocycles. The summed E-state index contributed by atoms with van der Waals surface area (Å²) in [5.74, 6) is 0.282. The zero-order valence-corrected chi connectivity index (χ0v) is 15.9. The van der Waals surface area contributed by atoms with Gasteiger partial charge in [0.1, 0.15) is 0 Å². The monoisotopic (exact) mass is 388 g/mol.